The molecular weight excluding hydrogens is 296 g/mol. The molecule has 2 nitrogen and oxygen atoms in total. The lowest BCUT2D eigenvalue weighted by Crippen LogP contribution is -2.41. The lowest BCUT2D eigenvalue weighted by atomic mass is 9.95. The van der Waals surface area contributed by atoms with E-state index < -0.39 is 0 Å². The second-order valence-corrected chi connectivity index (χ2v) is 6.03. The summed E-state index contributed by atoms with van der Waals surface area (Å²) < 4.78 is 1.09. The zero-order valence-electron chi connectivity index (χ0n) is 9.53. The molecule has 0 spiro atoms. The van der Waals surface area contributed by atoms with Crippen LogP contribution in [0.15, 0.2) is 33.7 Å². The van der Waals surface area contributed by atoms with Gasteiger partial charge in [-0.05, 0) is 31.9 Å². The van der Waals surface area contributed by atoms with E-state index in [0.717, 1.165) is 15.2 Å². The average molecular weight is 309 g/mol. The molecule has 2 aliphatic rings. The van der Waals surface area contributed by atoms with E-state index in [0.29, 0.717) is 5.92 Å². The quantitative estimate of drug-likeness (QED) is 0.847. The molecule has 0 amide bonds. The van der Waals surface area contributed by atoms with Gasteiger partial charge in [0.05, 0.1) is 5.71 Å². The molecule has 88 valence electrons. The predicted molar refractivity (Wildman–Crippen MR) is 77.4 cm³/mol. The molecule has 0 bridgehead atoms. The molecule has 0 aromatic heterocycles. The normalized spacial score (nSPS) is 27.9. The van der Waals surface area contributed by atoms with Crippen LogP contribution in [-0.2, 0) is 5.66 Å². The highest BCUT2D eigenvalue weighted by atomic mass is 79.9. The molecule has 4 heteroatoms. The van der Waals surface area contributed by atoms with Crippen molar-refractivity contribution in [1.29, 1.82) is 0 Å². The smallest absolute Gasteiger partial charge is 0.159 e. The van der Waals surface area contributed by atoms with Crippen LogP contribution in [0.3, 0.4) is 0 Å². The van der Waals surface area contributed by atoms with E-state index in [1.807, 2.05) is 13.0 Å². The van der Waals surface area contributed by atoms with Crippen molar-refractivity contribution in [2.24, 2.45) is 10.9 Å². The fourth-order valence-corrected chi connectivity index (χ4v) is 3.00. The minimum Gasteiger partial charge on any atom is -0.347 e. The zero-order valence-corrected chi connectivity index (χ0v) is 11.9. The van der Waals surface area contributed by atoms with Crippen molar-refractivity contribution >= 4 is 38.8 Å². The number of rotatable bonds is 2. The number of halogens is 1. The standard InChI is InChI=1S/C13H13BrN2S/c1-8-12(17)16-13(15-8,9-5-6-9)10-3-2-4-11(14)7-10/h2-4,7,9H,5-6H2,1H3,(H,16,17). The van der Waals surface area contributed by atoms with Crippen LogP contribution in [0.1, 0.15) is 25.3 Å². The Labute approximate surface area is 115 Å². The Morgan fingerprint density at radius 1 is 1.47 bits per heavy atom. The van der Waals surface area contributed by atoms with Crippen LogP contribution >= 0.6 is 28.1 Å². The van der Waals surface area contributed by atoms with Crippen molar-refractivity contribution in [3.05, 3.63) is 34.3 Å². The Hall–Kier alpha value is -0.740. The van der Waals surface area contributed by atoms with Gasteiger partial charge in [0.15, 0.2) is 5.66 Å². The van der Waals surface area contributed by atoms with Gasteiger partial charge in [0.2, 0.25) is 0 Å². The summed E-state index contributed by atoms with van der Waals surface area (Å²) in [6, 6.07) is 8.35. The first kappa shape index (κ1) is 11.4. The van der Waals surface area contributed by atoms with Gasteiger partial charge in [-0.1, -0.05) is 40.3 Å². The van der Waals surface area contributed by atoms with E-state index >= 15 is 0 Å². The summed E-state index contributed by atoms with van der Waals surface area (Å²) in [6.45, 7) is 1.98. The highest BCUT2D eigenvalue weighted by Crippen LogP contribution is 2.48. The van der Waals surface area contributed by atoms with Crippen molar-refractivity contribution in [3.8, 4) is 0 Å². The number of thiocarbonyl (C=S) groups is 1. The Morgan fingerprint density at radius 2 is 2.24 bits per heavy atom. The first-order valence-electron chi connectivity index (χ1n) is 5.77. The van der Waals surface area contributed by atoms with Gasteiger partial charge in [0.1, 0.15) is 4.99 Å². The molecule has 1 aliphatic carbocycles. The van der Waals surface area contributed by atoms with Gasteiger partial charge in [0, 0.05) is 16.0 Å². The molecular formula is C13H13BrN2S. The Morgan fingerprint density at radius 3 is 2.76 bits per heavy atom. The van der Waals surface area contributed by atoms with Gasteiger partial charge < -0.3 is 5.32 Å². The Balaban J connectivity index is 2.10. The van der Waals surface area contributed by atoms with Crippen molar-refractivity contribution in [3.63, 3.8) is 0 Å². The second kappa shape index (κ2) is 3.89. The van der Waals surface area contributed by atoms with Gasteiger partial charge in [-0.2, -0.15) is 0 Å². The SMILES string of the molecule is CC1=NC(c2cccc(Br)c2)(C2CC2)NC1=S. The van der Waals surface area contributed by atoms with Crippen LogP contribution in [0.25, 0.3) is 0 Å². The molecule has 1 fully saturated rings. The first-order chi connectivity index (χ1) is 8.12. The molecule has 1 heterocycles. The van der Waals surface area contributed by atoms with Crippen LogP contribution in [0.5, 0.6) is 0 Å². The summed E-state index contributed by atoms with van der Waals surface area (Å²) in [5.41, 5.74) is 1.85. The van der Waals surface area contributed by atoms with Gasteiger partial charge in [-0.15, -0.1) is 0 Å². The Bertz CT molecular complexity index is 522. The molecule has 17 heavy (non-hydrogen) atoms. The molecule has 0 saturated heterocycles. The second-order valence-electron chi connectivity index (χ2n) is 4.70. The summed E-state index contributed by atoms with van der Waals surface area (Å²) in [4.78, 5) is 5.61. The summed E-state index contributed by atoms with van der Waals surface area (Å²) in [6.07, 6.45) is 2.44. The highest BCUT2D eigenvalue weighted by molar-refractivity contribution is 9.10. The van der Waals surface area contributed by atoms with E-state index in [1.54, 1.807) is 0 Å². The third kappa shape index (κ3) is 1.83. The number of hydrogen-bond acceptors (Lipinski definition) is 2. The number of hydrogen-bond donors (Lipinski definition) is 1. The molecule has 1 aliphatic heterocycles. The zero-order chi connectivity index (χ0) is 12.0. The molecule has 1 aromatic carbocycles. The van der Waals surface area contributed by atoms with Crippen molar-refractivity contribution in [2.75, 3.05) is 0 Å². The number of aliphatic imine (C=N–C) groups is 1. The fraction of sp³-hybridized carbons (Fsp3) is 0.385. The predicted octanol–water partition coefficient (Wildman–Crippen LogP) is 3.40. The lowest BCUT2D eigenvalue weighted by Gasteiger charge is -2.28. The number of nitrogens with one attached hydrogen (secondary N) is 1. The summed E-state index contributed by atoms with van der Waals surface area (Å²) in [5, 5.41) is 3.43. The van der Waals surface area contributed by atoms with Crippen molar-refractivity contribution in [1.82, 2.24) is 5.32 Å². The largest absolute Gasteiger partial charge is 0.347 e. The topological polar surface area (TPSA) is 24.4 Å². The Kier molecular flexibility index (Phi) is 2.60. The average Bonchev–Trinajstić information content (AvgIpc) is 3.08. The van der Waals surface area contributed by atoms with Crippen LogP contribution in [0.4, 0.5) is 0 Å². The maximum atomic E-state index is 5.32. The maximum absolute atomic E-state index is 5.32. The van der Waals surface area contributed by atoms with Crippen molar-refractivity contribution < 1.29 is 0 Å². The van der Waals surface area contributed by atoms with Gasteiger partial charge in [-0.25, -0.2) is 0 Å². The van der Waals surface area contributed by atoms with Crippen molar-refractivity contribution in [2.45, 2.75) is 25.4 Å². The molecule has 1 aromatic rings. The molecule has 0 radical (unpaired) electrons. The minimum atomic E-state index is -0.301. The third-order valence-corrected chi connectivity index (χ3v) is 4.30. The molecule has 1 saturated carbocycles. The summed E-state index contributed by atoms with van der Waals surface area (Å²) in [7, 11) is 0. The first-order valence-corrected chi connectivity index (χ1v) is 6.97. The molecule has 1 N–H and O–H groups in total. The number of benzene rings is 1. The third-order valence-electron chi connectivity index (χ3n) is 3.41. The summed E-state index contributed by atoms with van der Waals surface area (Å²) >= 11 is 8.84. The van der Waals surface area contributed by atoms with E-state index in [4.69, 9.17) is 17.2 Å². The van der Waals surface area contributed by atoms with Crippen LogP contribution < -0.4 is 5.32 Å². The molecule has 1 unspecified atom stereocenters. The van der Waals surface area contributed by atoms with Gasteiger partial charge in [-0.3, -0.25) is 4.99 Å². The number of nitrogens with zero attached hydrogens (tertiary/aromatic N) is 1. The molecule has 1 atom stereocenters. The van der Waals surface area contributed by atoms with E-state index in [9.17, 15) is 0 Å². The van der Waals surface area contributed by atoms with E-state index in [-0.39, 0.29) is 5.66 Å². The minimum absolute atomic E-state index is 0.301. The van der Waals surface area contributed by atoms with Crippen LogP contribution in [-0.4, -0.2) is 10.7 Å². The van der Waals surface area contributed by atoms with Gasteiger partial charge in [0.25, 0.3) is 0 Å². The summed E-state index contributed by atoms with van der Waals surface area (Å²) in [5.74, 6) is 0.576. The van der Waals surface area contributed by atoms with E-state index in [1.165, 1.54) is 18.4 Å². The molecule has 3 rings (SSSR count). The van der Waals surface area contributed by atoms with Crippen LogP contribution in [0.2, 0.25) is 0 Å². The van der Waals surface area contributed by atoms with Gasteiger partial charge >= 0.3 is 0 Å². The lowest BCUT2D eigenvalue weighted by molar-refractivity contribution is 0.370. The van der Waals surface area contributed by atoms with Crippen LogP contribution in [0, 0.1) is 5.92 Å². The fourth-order valence-electron chi connectivity index (χ4n) is 2.40. The van der Waals surface area contributed by atoms with E-state index in [2.05, 4.69) is 39.4 Å². The maximum Gasteiger partial charge on any atom is 0.159 e. The monoisotopic (exact) mass is 308 g/mol. The highest BCUT2D eigenvalue weighted by Gasteiger charge is 2.50.